The number of aliphatic hydroxyl groups excluding tert-OH is 1. The number of sulfonamides is 1. The number of likely N-dealkylation sites (N-methyl/N-ethyl adjacent to an activating group) is 1. The van der Waals surface area contributed by atoms with Crippen LogP contribution in [0.4, 0.5) is 0 Å². The van der Waals surface area contributed by atoms with E-state index < -0.39 is 10.0 Å². The molecule has 0 aliphatic carbocycles. The Kier molecular flexibility index (Phi) is 5.16. The summed E-state index contributed by atoms with van der Waals surface area (Å²) in [6.45, 7) is 2.74. The second-order valence-electron chi connectivity index (χ2n) is 4.81. The Morgan fingerprint density at radius 1 is 1.30 bits per heavy atom. The molecule has 0 aromatic heterocycles. The second kappa shape index (κ2) is 6.50. The van der Waals surface area contributed by atoms with E-state index in [9.17, 15) is 8.42 Å². The number of piperazine rings is 1. The highest BCUT2D eigenvalue weighted by atomic mass is 79.9. The zero-order chi connectivity index (χ0) is 14.8. The van der Waals surface area contributed by atoms with Gasteiger partial charge in [-0.25, -0.2) is 13.4 Å². The number of hydrogen-bond acceptors (Lipinski definition) is 5. The maximum absolute atomic E-state index is 12.4. The van der Waals surface area contributed by atoms with Crippen LogP contribution in [0.1, 0.15) is 5.56 Å². The summed E-state index contributed by atoms with van der Waals surface area (Å²) >= 11 is 3.24. The third-order valence-electron chi connectivity index (χ3n) is 3.22. The van der Waals surface area contributed by atoms with Crippen LogP contribution in [0, 0.1) is 0 Å². The van der Waals surface area contributed by atoms with Crippen LogP contribution >= 0.6 is 15.9 Å². The topological polar surface area (TPSA) is 72.9 Å². The molecule has 8 heteroatoms. The van der Waals surface area contributed by atoms with Crippen molar-refractivity contribution >= 4 is 26.0 Å². The fourth-order valence-electron chi connectivity index (χ4n) is 1.97. The van der Waals surface area contributed by atoms with E-state index in [2.05, 4.69) is 25.7 Å². The fourth-order valence-corrected chi connectivity index (χ4v) is 4.11. The van der Waals surface area contributed by atoms with Crippen molar-refractivity contribution < 1.29 is 13.5 Å². The van der Waals surface area contributed by atoms with Gasteiger partial charge in [-0.2, -0.15) is 0 Å². The third kappa shape index (κ3) is 3.78. The summed E-state index contributed by atoms with van der Waals surface area (Å²) in [6.07, 6.45) is 0. The zero-order valence-corrected chi connectivity index (χ0v) is 13.6. The summed E-state index contributed by atoms with van der Waals surface area (Å²) in [5, 5.41) is 10.8. The Morgan fingerprint density at radius 2 is 1.95 bits per heavy atom. The number of nitrogens with zero attached hydrogens (tertiary/aromatic N) is 2. The molecule has 112 valence electrons. The number of aliphatic hydroxyl groups is 1. The number of nitrogens with one attached hydrogen (secondary N) is 1. The highest BCUT2D eigenvalue weighted by molar-refractivity contribution is 9.10. The van der Waals surface area contributed by atoms with Crippen LogP contribution < -0.4 is 4.83 Å². The van der Waals surface area contributed by atoms with Crippen LogP contribution in [0.15, 0.2) is 27.6 Å². The molecule has 2 N–H and O–H groups in total. The van der Waals surface area contributed by atoms with Crippen molar-refractivity contribution in [3.63, 3.8) is 0 Å². The number of rotatable bonds is 4. The van der Waals surface area contributed by atoms with E-state index in [4.69, 9.17) is 5.11 Å². The first-order chi connectivity index (χ1) is 9.42. The van der Waals surface area contributed by atoms with Crippen molar-refractivity contribution in [1.29, 1.82) is 0 Å². The molecule has 1 aromatic carbocycles. The molecule has 1 aliphatic rings. The van der Waals surface area contributed by atoms with Crippen LogP contribution in [0.5, 0.6) is 0 Å². The molecule has 20 heavy (non-hydrogen) atoms. The minimum Gasteiger partial charge on any atom is -0.392 e. The Morgan fingerprint density at radius 3 is 2.55 bits per heavy atom. The van der Waals surface area contributed by atoms with Crippen LogP contribution in [0.25, 0.3) is 0 Å². The van der Waals surface area contributed by atoms with E-state index in [1.807, 2.05) is 7.05 Å². The molecule has 0 atom stereocenters. The average Bonchev–Trinajstić information content (AvgIpc) is 2.41. The van der Waals surface area contributed by atoms with Gasteiger partial charge in [-0.1, -0.05) is 6.07 Å². The predicted molar refractivity (Wildman–Crippen MR) is 79.5 cm³/mol. The number of hydrogen-bond donors (Lipinski definition) is 2. The minimum atomic E-state index is -3.64. The molecule has 1 saturated heterocycles. The van der Waals surface area contributed by atoms with Crippen LogP contribution in [0.2, 0.25) is 0 Å². The second-order valence-corrected chi connectivity index (χ2v) is 7.29. The van der Waals surface area contributed by atoms with Gasteiger partial charge in [0, 0.05) is 30.7 Å². The third-order valence-corrected chi connectivity index (χ3v) is 5.59. The van der Waals surface area contributed by atoms with Crippen LogP contribution in [0.3, 0.4) is 0 Å². The molecule has 0 bridgehead atoms. The Labute approximate surface area is 127 Å². The molecule has 0 unspecified atom stereocenters. The van der Waals surface area contributed by atoms with Crippen molar-refractivity contribution in [3.8, 4) is 0 Å². The Balaban J connectivity index is 2.18. The van der Waals surface area contributed by atoms with E-state index in [1.54, 1.807) is 17.1 Å². The molecule has 1 aromatic rings. The summed E-state index contributed by atoms with van der Waals surface area (Å²) in [6, 6.07) is 4.78. The van der Waals surface area contributed by atoms with E-state index >= 15 is 0 Å². The number of hydrazine groups is 1. The lowest BCUT2D eigenvalue weighted by Crippen LogP contribution is -2.52. The van der Waals surface area contributed by atoms with Crippen molar-refractivity contribution in [2.75, 3.05) is 33.2 Å². The standard InChI is InChI=1S/C12H18BrN3O3S/c1-15-4-6-16(7-5-15)14-20(18,19)12-8-10(9-17)2-3-11(12)13/h2-3,8,14,17H,4-7,9H2,1H3. The quantitative estimate of drug-likeness (QED) is 0.809. The van der Waals surface area contributed by atoms with E-state index in [-0.39, 0.29) is 11.5 Å². The van der Waals surface area contributed by atoms with Crippen LogP contribution in [-0.4, -0.2) is 56.7 Å². The SMILES string of the molecule is CN1CCN(NS(=O)(=O)c2cc(CO)ccc2Br)CC1. The van der Waals surface area contributed by atoms with E-state index in [0.717, 1.165) is 13.1 Å². The molecule has 1 aliphatic heterocycles. The molecule has 0 spiro atoms. The lowest BCUT2D eigenvalue weighted by molar-refractivity contribution is 0.135. The summed E-state index contributed by atoms with van der Waals surface area (Å²) in [5.41, 5.74) is 0.562. The maximum Gasteiger partial charge on any atom is 0.254 e. The molecule has 2 rings (SSSR count). The average molecular weight is 364 g/mol. The van der Waals surface area contributed by atoms with Gasteiger partial charge in [-0.05, 0) is 40.7 Å². The van der Waals surface area contributed by atoms with Gasteiger partial charge < -0.3 is 10.0 Å². The van der Waals surface area contributed by atoms with Gasteiger partial charge in [-0.15, -0.1) is 4.83 Å². The first-order valence-electron chi connectivity index (χ1n) is 6.27. The van der Waals surface area contributed by atoms with Crippen molar-refractivity contribution in [2.24, 2.45) is 0 Å². The first kappa shape index (κ1) is 15.9. The summed E-state index contributed by atoms with van der Waals surface area (Å²) in [5.74, 6) is 0. The maximum atomic E-state index is 12.4. The van der Waals surface area contributed by atoms with E-state index in [0.29, 0.717) is 23.1 Å². The molecular weight excluding hydrogens is 346 g/mol. The lowest BCUT2D eigenvalue weighted by atomic mass is 10.2. The fraction of sp³-hybridized carbons (Fsp3) is 0.500. The van der Waals surface area contributed by atoms with Crippen molar-refractivity contribution in [1.82, 2.24) is 14.7 Å². The molecular formula is C12H18BrN3O3S. The molecule has 1 heterocycles. The normalized spacial score (nSPS) is 18.4. The van der Waals surface area contributed by atoms with Crippen molar-refractivity contribution in [3.05, 3.63) is 28.2 Å². The first-order valence-corrected chi connectivity index (χ1v) is 8.55. The van der Waals surface area contributed by atoms with Crippen LogP contribution in [-0.2, 0) is 16.6 Å². The van der Waals surface area contributed by atoms with Gasteiger partial charge in [0.25, 0.3) is 10.0 Å². The monoisotopic (exact) mass is 363 g/mol. The zero-order valence-electron chi connectivity index (χ0n) is 11.2. The highest BCUT2D eigenvalue weighted by Gasteiger charge is 2.23. The number of benzene rings is 1. The van der Waals surface area contributed by atoms with Gasteiger partial charge >= 0.3 is 0 Å². The van der Waals surface area contributed by atoms with Gasteiger partial charge in [0.15, 0.2) is 0 Å². The minimum absolute atomic E-state index is 0.142. The molecule has 6 nitrogen and oxygen atoms in total. The van der Waals surface area contributed by atoms with Crippen molar-refractivity contribution in [2.45, 2.75) is 11.5 Å². The molecule has 1 fully saturated rings. The molecule has 0 amide bonds. The summed E-state index contributed by atoms with van der Waals surface area (Å²) in [7, 11) is -1.63. The smallest absolute Gasteiger partial charge is 0.254 e. The lowest BCUT2D eigenvalue weighted by Gasteiger charge is -2.32. The largest absolute Gasteiger partial charge is 0.392 e. The van der Waals surface area contributed by atoms with Gasteiger partial charge in [0.05, 0.1) is 11.5 Å². The number of halogens is 1. The summed E-state index contributed by atoms with van der Waals surface area (Å²) < 4.78 is 25.3. The van der Waals surface area contributed by atoms with Gasteiger partial charge in [0.1, 0.15) is 0 Å². The Bertz CT molecular complexity index is 571. The summed E-state index contributed by atoms with van der Waals surface area (Å²) in [4.78, 5) is 4.88. The Hall–Kier alpha value is -0.510. The molecule has 0 saturated carbocycles. The van der Waals surface area contributed by atoms with Gasteiger partial charge in [-0.3, -0.25) is 0 Å². The predicted octanol–water partition coefficient (Wildman–Crippen LogP) is 0.382. The van der Waals surface area contributed by atoms with E-state index in [1.165, 1.54) is 6.07 Å². The molecule has 0 radical (unpaired) electrons. The van der Waals surface area contributed by atoms with Gasteiger partial charge in [0.2, 0.25) is 0 Å². The highest BCUT2D eigenvalue weighted by Crippen LogP contribution is 2.23.